The molecule has 1 N–H and O–H groups in total. The first-order valence-electron chi connectivity index (χ1n) is 9.40. The Morgan fingerprint density at radius 3 is 2.46 bits per heavy atom. The van der Waals surface area contributed by atoms with Crippen molar-refractivity contribution in [2.45, 2.75) is 32.5 Å². The van der Waals surface area contributed by atoms with Crippen molar-refractivity contribution < 1.29 is 23.1 Å². The molecular weight excluding hydrogens is 373 g/mol. The maximum Gasteiger partial charge on any atom is 0.417 e. The minimum Gasteiger partial charge on any atom is -0.481 e. The van der Waals surface area contributed by atoms with E-state index in [1.54, 1.807) is 22.8 Å². The monoisotopic (exact) mass is 394 g/mol. The Kier molecular flexibility index (Phi) is 4.21. The van der Waals surface area contributed by atoms with Crippen LogP contribution in [0.15, 0.2) is 6.07 Å². The average Bonchev–Trinajstić information content (AvgIpc) is 3.10. The van der Waals surface area contributed by atoms with Crippen molar-refractivity contribution in [1.82, 2.24) is 4.98 Å². The maximum absolute atomic E-state index is 13.6. The molecule has 4 rings (SSSR count). The number of pyridine rings is 1. The SMILES string of the molecule is CC(C(=O)O)C1[C@H]2CN(c3cc(C(F)(F)F)c(C#N)c(N4CCC4C)n3)C[C@@H]12. The lowest BCUT2D eigenvalue weighted by Crippen LogP contribution is -2.47. The van der Waals surface area contributed by atoms with E-state index in [0.29, 0.717) is 19.6 Å². The zero-order valence-electron chi connectivity index (χ0n) is 15.6. The van der Waals surface area contributed by atoms with Crippen LogP contribution in [0, 0.1) is 35.0 Å². The van der Waals surface area contributed by atoms with Gasteiger partial charge in [-0.1, -0.05) is 6.92 Å². The molecule has 3 aliphatic rings. The Morgan fingerprint density at radius 2 is 2.04 bits per heavy atom. The van der Waals surface area contributed by atoms with Crippen molar-refractivity contribution in [3.63, 3.8) is 0 Å². The molecule has 2 saturated heterocycles. The Balaban J connectivity index is 1.65. The van der Waals surface area contributed by atoms with E-state index in [-0.39, 0.29) is 35.4 Å². The molecule has 0 radical (unpaired) electrons. The van der Waals surface area contributed by atoms with Crippen LogP contribution in [0.3, 0.4) is 0 Å². The van der Waals surface area contributed by atoms with Crippen LogP contribution in [0.4, 0.5) is 24.8 Å². The fourth-order valence-corrected chi connectivity index (χ4v) is 4.72. The van der Waals surface area contributed by atoms with Gasteiger partial charge in [-0.25, -0.2) is 4.98 Å². The number of hydrogen-bond acceptors (Lipinski definition) is 5. The van der Waals surface area contributed by atoms with E-state index in [9.17, 15) is 28.3 Å². The van der Waals surface area contributed by atoms with Crippen LogP contribution in [-0.4, -0.2) is 41.7 Å². The number of rotatable bonds is 4. The molecule has 3 heterocycles. The van der Waals surface area contributed by atoms with Gasteiger partial charge in [0.1, 0.15) is 23.3 Å². The van der Waals surface area contributed by atoms with Gasteiger partial charge in [0.05, 0.1) is 11.5 Å². The van der Waals surface area contributed by atoms with E-state index in [0.717, 1.165) is 12.5 Å². The van der Waals surface area contributed by atoms with Gasteiger partial charge in [-0.3, -0.25) is 4.79 Å². The fraction of sp³-hybridized carbons (Fsp3) is 0.632. The molecule has 28 heavy (non-hydrogen) atoms. The number of hydrogen-bond donors (Lipinski definition) is 1. The van der Waals surface area contributed by atoms with Gasteiger partial charge in [0.15, 0.2) is 0 Å². The summed E-state index contributed by atoms with van der Waals surface area (Å²) in [7, 11) is 0. The molecule has 3 unspecified atom stereocenters. The Labute approximate surface area is 160 Å². The molecule has 0 bridgehead atoms. The zero-order valence-corrected chi connectivity index (χ0v) is 15.6. The normalized spacial score (nSPS) is 29.7. The third-order valence-corrected chi connectivity index (χ3v) is 6.55. The fourth-order valence-electron chi connectivity index (χ4n) is 4.72. The minimum atomic E-state index is -4.64. The topological polar surface area (TPSA) is 80.5 Å². The van der Waals surface area contributed by atoms with Crippen molar-refractivity contribution in [1.29, 1.82) is 5.26 Å². The van der Waals surface area contributed by atoms with Crippen molar-refractivity contribution in [2.75, 3.05) is 29.4 Å². The lowest BCUT2D eigenvalue weighted by molar-refractivity contribution is -0.142. The summed E-state index contributed by atoms with van der Waals surface area (Å²) >= 11 is 0. The Morgan fingerprint density at radius 1 is 1.39 bits per heavy atom. The first kappa shape index (κ1) is 18.8. The highest BCUT2D eigenvalue weighted by molar-refractivity contribution is 5.71. The Bertz CT molecular complexity index is 854. The molecule has 1 aliphatic carbocycles. The molecule has 5 atom stereocenters. The molecule has 2 aliphatic heterocycles. The van der Waals surface area contributed by atoms with Crippen molar-refractivity contribution in [2.24, 2.45) is 23.7 Å². The number of nitriles is 1. The van der Waals surface area contributed by atoms with Crippen LogP contribution in [0.25, 0.3) is 0 Å². The molecule has 1 aromatic heterocycles. The van der Waals surface area contributed by atoms with Crippen LogP contribution < -0.4 is 9.80 Å². The standard InChI is InChI=1S/C19H21F3N4O2/c1-9-3-4-26(9)17-11(6-23)14(19(20,21)22)5-15(24-17)25-7-12-13(8-25)16(12)10(2)18(27)28/h5,9-10,12-13,16H,3-4,7-8H2,1-2H3,(H,27,28)/t9?,10?,12-,13+,16?. The number of fused-ring (bicyclic) bond motifs is 1. The van der Waals surface area contributed by atoms with Crippen molar-refractivity contribution >= 4 is 17.6 Å². The van der Waals surface area contributed by atoms with Crippen LogP contribution in [0.1, 0.15) is 31.4 Å². The average molecular weight is 394 g/mol. The summed E-state index contributed by atoms with van der Waals surface area (Å²) in [6, 6.07) is 2.71. The predicted molar refractivity (Wildman–Crippen MR) is 94.9 cm³/mol. The lowest BCUT2D eigenvalue weighted by atomic mass is 10.0. The lowest BCUT2D eigenvalue weighted by Gasteiger charge is -2.41. The quantitative estimate of drug-likeness (QED) is 0.846. The van der Waals surface area contributed by atoms with E-state index in [1.807, 2.05) is 6.92 Å². The first-order chi connectivity index (χ1) is 13.1. The van der Waals surface area contributed by atoms with Gasteiger partial charge in [0.25, 0.3) is 0 Å². The summed E-state index contributed by atoms with van der Waals surface area (Å²) in [5.41, 5.74) is -1.38. The number of nitrogens with zero attached hydrogens (tertiary/aromatic N) is 4. The van der Waals surface area contributed by atoms with E-state index in [1.165, 1.54) is 0 Å². The second-order valence-electron chi connectivity index (χ2n) is 8.10. The second-order valence-corrected chi connectivity index (χ2v) is 8.10. The van der Waals surface area contributed by atoms with E-state index in [4.69, 9.17) is 0 Å². The third kappa shape index (κ3) is 2.86. The molecule has 1 saturated carbocycles. The largest absolute Gasteiger partial charge is 0.481 e. The van der Waals surface area contributed by atoms with Gasteiger partial charge in [-0.05, 0) is 37.2 Å². The number of carbonyl (C=O) groups is 1. The van der Waals surface area contributed by atoms with E-state index >= 15 is 0 Å². The van der Waals surface area contributed by atoms with E-state index < -0.39 is 29.2 Å². The van der Waals surface area contributed by atoms with Gasteiger partial charge in [-0.2, -0.15) is 18.4 Å². The Hall–Kier alpha value is -2.50. The number of aromatic nitrogens is 1. The van der Waals surface area contributed by atoms with Crippen molar-refractivity contribution in [3.05, 3.63) is 17.2 Å². The second kappa shape index (κ2) is 6.26. The number of halogens is 3. The highest BCUT2D eigenvalue weighted by Crippen LogP contribution is 2.56. The van der Waals surface area contributed by atoms with Crippen LogP contribution in [0.5, 0.6) is 0 Å². The summed E-state index contributed by atoms with van der Waals surface area (Å²) < 4.78 is 40.9. The first-order valence-corrected chi connectivity index (χ1v) is 9.40. The summed E-state index contributed by atoms with van der Waals surface area (Å²) in [5, 5.41) is 18.6. The molecule has 6 nitrogen and oxygen atoms in total. The number of carboxylic acid groups (broad SMARTS) is 1. The molecule has 0 amide bonds. The summed E-state index contributed by atoms with van der Waals surface area (Å²) in [6.45, 7) is 5.15. The minimum absolute atomic E-state index is 0.0451. The molecule has 150 valence electrons. The van der Waals surface area contributed by atoms with Crippen LogP contribution >= 0.6 is 0 Å². The predicted octanol–water partition coefficient (Wildman–Crippen LogP) is 2.97. The summed E-state index contributed by atoms with van der Waals surface area (Å²) in [4.78, 5) is 19.2. The number of piperidine rings is 1. The molecule has 0 aromatic carbocycles. The molecule has 9 heteroatoms. The third-order valence-electron chi connectivity index (χ3n) is 6.55. The highest BCUT2D eigenvalue weighted by Gasteiger charge is 2.59. The number of carboxylic acids is 1. The highest BCUT2D eigenvalue weighted by atomic mass is 19.4. The molecular formula is C19H21F3N4O2. The van der Waals surface area contributed by atoms with Gasteiger partial charge in [-0.15, -0.1) is 0 Å². The molecule has 0 spiro atoms. The van der Waals surface area contributed by atoms with Crippen LogP contribution in [0.2, 0.25) is 0 Å². The number of anilines is 2. The smallest absolute Gasteiger partial charge is 0.417 e. The zero-order chi connectivity index (χ0) is 20.4. The van der Waals surface area contributed by atoms with E-state index in [2.05, 4.69) is 4.98 Å². The number of aliphatic carboxylic acids is 1. The van der Waals surface area contributed by atoms with Gasteiger partial charge < -0.3 is 14.9 Å². The van der Waals surface area contributed by atoms with Gasteiger partial charge >= 0.3 is 12.1 Å². The van der Waals surface area contributed by atoms with Gasteiger partial charge in [0, 0.05) is 25.7 Å². The van der Waals surface area contributed by atoms with Crippen molar-refractivity contribution in [3.8, 4) is 6.07 Å². The summed E-state index contributed by atoms with van der Waals surface area (Å²) in [6.07, 6.45) is -3.80. The summed E-state index contributed by atoms with van der Waals surface area (Å²) in [5.74, 6) is -0.556. The number of alkyl halides is 3. The molecule has 1 aromatic rings. The maximum atomic E-state index is 13.6. The van der Waals surface area contributed by atoms with Crippen LogP contribution in [-0.2, 0) is 11.0 Å². The van der Waals surface area contributed by atoms with Gasteiger partial charge in [0.2, 0.25) is 0 Å². The molecule has 3 fully saturated rings.